The number of ketones is 1. The van der Waals surface area contributed by atoms with Crippen LogP contribution < -0.4 is 0 Å². The first kappa shape index (κ1) is 16.0. The highest BCUT2D eigenvalue weighted by Gasteiger charge is 2.52. The summed E-state index contributed by atoms with van der Waals surface area (Å²) >= 11 is 0. The number of rotatable bonds is 7. The summed E-state index contributed by atoms with van der Waals surface area (Å²) in [5.74, 6) is -7.97. The number of hydrogen-bond donors (Lipinski definition) is 0. The van der Waals surface area contributed by atoms with Crippen molar-refractivity contribution in [3.63, 3.8) is 0 Å². The van der Waals surface area contributed by atoms with E-state index in [0.29, 0.717) is 0 Å². The third-order valence-corrected chi connectivity index (χ3v) is 2.05. The first-order chi connectivity index (χ1) is 7.78. The zero-order valence-corrected chi connectivity index (χ0v) is 10.5. The lowest BCUT2D eigenvalue weighted by Crippen LogP contribution is -2.48. The predicted molar refractivity (Wildman–Crippen MR) is 56.8 cm³/mol. The molecule has 1 atom stereocenters. The zero-order valence-electron chi connectivity index (χ0n) is 10.5. The molecule has 0 aliphatic rings. The molecule has 6 heteroatoms. The monoisotopic (exact) mass is 252 g/mol. The Hall–Kier alpha value is -1.04. The van der Waals surface area contributed by atoms with Gasteiger partial charge in [-0.3, -0.25) is 4.79 Å². The summed E-state index contributed by atoms with van der Waals surface area (Å²) in [6.07, 6.45) is -1.31. The van der Waals surface area contributed by atoms with E-state index >= 15 is 0 Å². The standard InChI is InChI=1S/C11H18F2O4/c1-5-16-8(7(3)4)9(14)11(12,13)10(15)17-6-2/h7-8H,5-6H2,1-4H3. The van der Waals surface area contributed by atoms with Crippen molar-refractivity contribution in [3.8, 4) is 0 Å². The van der Waals surface area contributed by atoms with Gasteiger partial charge in [0.25, 0.3) is 0 Å². The fourth-order valence-electron chi connectivity index (χ4n) is 1.25. The largest absolute Gasteiger partial charge is 0.461 e. The van der Waals surface area contributed by atoms with Crippen molar-refractivity contribution in [1.82, 2.24) is 0 Å². The summed E-state index contributed by atoms with van der Waals surface area (Å²) in [7, 11) is 0. The molecule has 0 heterocycles. The molecule has 0 saturated carbocycles. The number of carbonyl (C=O) groups is 2. The maximum atomic E-state index is 13.4. The predicted octanol–water partition coefficient (Wildman–Crippen LogP) is 1.81. The van der Waals surface area contributed by atoms with Gasteiger partial charge in [0.2, 0.25) is 5.78 Å². The van der Waals surface area contributed by atoms with E-state index in [9.17, 15) is 18.4 Å². The molecule has 0 aromatic heterocycles. The first-order valence-corrected chi connectivity index (χ1v) is 5.49. The molecular formula is C11H18F2O4. The molecule has 0 amide bonds. The Balaban J connectivity index is 4.90. The summed E-state index contributed by atoms with van der Waals surface area (Å²) in [6.45, 7) is 6.03. The summed E-state index contributed by atoms with van der Waals surface area (Å²) in [6, 6.07) is 0. The van der Waals surface area contributed by atoms with Crippen LogP contribution in [0.5, 0.6) is 0 Å². The molecule has 17 heavy (non-hydrogen) atoms. The summed E-state index contributed by atoms with van der Waals surface area (Å²) in [5.41, 5.74) is 0. The van der Waals surface area contributed by atoms with Crippen molar-refractivity contribution in [2.24, 2.45) is 5.92 Å². The van der Waals surface area contributed by atoms with Gasteiger partial charge in [0.05, 0.1) is 6.61 Å². The number of hydrogen-bond acceptors (Lipinski definition) is 4. The van der Waals surface area contributed by atoms with Gasteiger partial charge in [0, 0.05) is 6.61 Å². The summed E-state index contributed by atoms with van der Waals surface area (Å²) in [5, 5.41) is 0. The van der Waals surface area contributed by atoms with Crippen LogP contribution in [-0.4, -0.2) is 37.0 Å². The maximum Gasteiger partial charge on any atom is 0.402 e. The molecule has 0 aliphatic carbocycles. The van der Waals surface area contributed by atoms with E-state index in [2.05, 4.69) is 4.74 Å². The van der Waals surface area contributed by atoms with Crippen molar-refractivity contribution >= 4 is 11.8 Å². The van der Waals surface area contributed by atoms with E-state index in [1.54, 1.807) is 20.8 Å². The molecular weight excluding hydrogens is 234 g/mol. The third kappa shape index (κ3) is 4.03. The van der Waals surface area contributed by atoms with Crippen LogP contribution in [0.25, 0.3) is 0 Å². The van der Waals surface area contributed by atoms with Gasteiger partial charge in [0.15, 0.2) is 0 Å². The Labute approximate surface area is 99.3 Å². The average Bonchev–Trinajstić information content (AvgIpc) is 2.24. The lowest BCUT2D eigenvalue weighted by Gasteiger charge is -2.23. The summed E-state index contributed by atoms with van der Waals surface area (Å²) in [4.78, 5) is 22.5. The lowest BCUT2D eigenvalue weighted by molar-refractivity contribution is -0.182. The molecule has 0 aliphatic heterocycles. The normalized spacial score (nSPS) is 13.6. The lowest BCUT2D eigenvalue weighted by atomic mass is 9.98. The van der Waals surface area contributed by atoms with Crippen LogP contribution in [0.15, 0.2) is 0 Å². The van der Waals surface area contributed by atoms with E-state index in [1.807, 2.05) is 0 Å². The SMILES string of the molecule is CCOC(=O)C(F)(F)C(=O)C(OCC)C(C)C. The average molecular weight is 252 g/mol. The Kier molecular flexibility index (Phi) is 6.23. The molecule has 0 fully saturated rings. The van der Waals surface area contributed by atoms with Gasteiger partial charge in [0.1, 0.15) is 6.10 Å². The minimum absolute atomic E-state index is 0.119. The minimum atomic E-state index is -4.15. The molecule has 0 radical (unpaired) electrons. The van der Waals surface area contributed by atoms with E-state index < -0.39 is 29.7 Å². The molecule has 4 nitrogen and oxygen atoms in total. The zero-order chi connectivity index (χ0) is 13.6. The second-order valence-corrected chi connectivity index (χ2v) is 3.78. The second-order valence-electron chi connectivity index (χ2n) is 3.78. The Bertz CT molecular complexity index is 277. The summed E-state index contributed by atoms with van der Waals surface area (Å²) < 4.78 is 36.0. The number of esters is 1. The van der Waals surface area contributed by atoms with E-state index in [-0.39, 0.29) is 13.2 Å². The van der Waals surface area contributed by atoms with Crippen LogP contribution in [0.4, 0.5) is 8.78 Å². The number of ether oxygens (including phenoxy) is 2. The first-order valence-electron chi connectivity index (χ1n) is 5.49. The molecule has 1 unspecified atom stereocenters. The van der Waals surface area contributed by atoms with Crippen LogP contribution in [-0.2, 0) is 19.1 Å². The number of carbonyl (C=O) groups excluding carboxylic acids is 2. The Morgan fingerprint density at radius 1 is 1.18 bits per heavy atom. The number of halogens is 2. The van der Waals surface area contributed by atoms with Crippen LogP contribution in [0, 0.1) is 5.92 Å². The fourth-order valence-corrected chi connectivity index (χ4v) is 1.25. The smallest absolute Gasteiger partial charge is 0.402 e. The van der Waals surface area contributed by atoms with Crippen molar-refractivity contribution in [2.45, 2.75) is 39.7 Å². The van der Waals surface area contributed by atoms with Gasteiger partial charge >= 0.3 is 11.9 Å². The third-order valence-electron chi connectivity index (χ3n) is 2.05. The molecule has 0 spiro atoms. The molecule has 0 aromatic rings. The molecule has 0 bridgehead atoms. The molecule has 0 saturated heterocycles. The molecule has 100 valence electrons. The maximum absolute atomic E-state index is 13.4. The fraction of sp³-hybridized carbons (Fsp3) is 0.818. The van der Waals surface area contributed by atoms with E-state index in [0.717, 1.165) is 0 Å². The van der Waals surface area contributed by atoms with Crippen molar-refractivity contribution in [2.75, 3.05) is 13.2 Å². The second kappa shape index (κ2) is 6.64. The topological polar surface area (TPSA) is 52.6 Å². The Morgan fingerprint density at radius 3 is 2.06 bits per heavy atom. The van der Waals surface area contributed by atoms with Gasteiger partial charge in [-0.2, -0.15) is 8.78 Å². The van der Waals surface area contributed by atoms with Crippen LogP contribution in [0.2, 0.25) is 0 Å². The highest BCUT2D eigenvalue weighted by molar-refractivity contribution is 6.07. The van der Waals surface area contributed by atoms with Crippen molar-refractivity contribution < 1.29 is 27.8 Å². The molecule has 0 aromatic carbocycles. The van der Waals surface area contributed by atoms with E-state index in [4.69, 9.17) is 4.74 Å². The van der Waals surface area contributed by atoms with Crippen LogP contribution >= 0.6 is 0 Å². The molecule has 0 N–H and O–H groups in total. The highest BCUT2D eigenvalue weighted by Crippen LogP contribution is 2.23. The number of alkyl halides is 2. The van der Waals surface area contributed by atoms with Crippen molar-refractivity contribution in [3.05, 3.63) is 0 Å². The Morgan fingerprint density at radius 2 is 1.71 bits per heavy atom. The minimum Gasteiger partial charge on any atom is -0.461 e. The quantitative estimate of drug-likeness (QED) is 0.512. The van der Waals surface area contributed by atoms with Gasteiger partial charge in [-0.15, -0.1) is 0 Å². The van der Waals surface area contributed by atoms with Crippen LogP contribution in [0.3, 0.4) is 0 Å². The highest BCUT2D eigenvalue weighted by atomic mass is 19.3. The van der Waals surface area contributed by atoms with Gasteiger partial charge < -0.3 is 9.47 Å². The van der Waals surface area contributed by atoms with Gasteiger partial charge in [-0.25, -0.2) is 4.79 Å². The van der Waals surface area contributed by atoms with Crippen LogP contribution in [0.1, 0.15) is 27.7 Å². The van der Waals surface area contributed by atoms with Gasteiger partial charge in [-0.1, -0.05) is 13.8 Å². The molecule has 0 rings (SSSR count). The van der Waals surface area contributed by atoms with Crippen molar-refractivity contribution in [1.29, 1.82) is 0 Å². The van der Waals surface area contributed by atoms with Gasteiger partial charge in [-0.05, 0) is 19.8 Å². The number of Topliss-reactive ketones (excluding diaryl/α,β-unsaturated/α-hetero) is 1. The van der Waals surface area contributed by atoms with E-state index in [1.165, 1.54) is 6.92 Å².